The zero-order chi connectivity index (χ0) is 37.7. The Bertz CT molecular complexity index is 2940. The van der Waals surface area contributed by atoms with Crippen LogP contribution in [0.4, 0.5) is 17.1 Å². The molecule has 0 unspecified atom stereocenters. The summed E-state index contributed by atoms with van der Waals surface area (Å²) in [5.74, 6) is 3.13. The molecule has 57 heavy (non-hydrogen) atoms. The average Bonchev–Trinajstić information content (AvgIpc) is 3.29. The Balaban J connectivity index is 0.951. The molecule has 0 saturated carbocycles. The highest BCUT2D eigenvalue weighted by Gasteiger charge is 2.35. The molecule has 0 N–H and O–H groups in total. The van der Waals surface area contributed by atoms with Crippen LogP contribution in [-0.2, 0) is 0 Å². The highest BCUT2D eigenvalue weighted by atomic mass is 16.5. The van der Waals surface area contributed by atoms with Gasteiger partial charge in [0.05, 0.1) is 11.4 Å². The van der Waals surface area contributed by atoms with Gasteiger partial charge in [-0.15, -0.1) is 0 Å². The van der Waals surface area contributed by atoms with Gasteiger partial charge in [-0.3, -0.25) is 4.90 Å². The van der Waals surface area contributed by atoms with E-state index in [0.29, 0.717) is 0 Å². The Morgan fingerprint density at radius 3 is 1.16 bits per heavy atom. The molecule has 9 aromatic carbocycles. The summed E-state index contributed by atoms with van der Waals surface area (Å²) in [6.07, 6.45) is 0. The monoisotopic (exact) mass is 729 g/mol. The first-order chi connectivity index (χ1) is 28.2. The van der Waals surface area contributed by atoms with Crippen molar-refractivity contribution in [1.29, 1.82) is 0 Å². The summed E-state index contributed by atoms with van der Waals surface area (Å²) >= 11 is 0. The van der Waals surface area contributed by atoms with E-state index in [1.807, 2.05) is 12.1 Å². The summed E-state index contributed by atoms with van der Waals surface area (Å²) in [7, 11) is 0. The maximum atomic E-state index is 6.86. The minimum atomic E-state index is 0.757. The largest absolute Gasteiger partial charge is 0.453 e. The van der Waals surface area contributed by atoms with Crippen molar-refractivity contribution >= 4 is 17.1 Å². The number of benzene rings is 9. The summed E-state index contributed by atoms with van der Waals surface area (Å²) in [4.78, 5) is 2.28. The quantitative estimate of drug-likeness (QED) is 0.170. The molecule has 0 aromatic heterocycles. The first-order valence-electron chi connectivity index (χ1n) is 19.3. The number of rotatable bonds is 6. The first kappa shape index (κ1) is 32.8. The lowest BCUT2D eigenvalue weighted by Gasteiger charge is -2.38. The molecule has 0 aliphatic carbocycles. The molecule has 3 nitrogen and oxygen atoms in total. The summed E-state index contributed by atoms with van der Waals surface area (Å²) in [5.41, 5.74) is 16.8. The molecule has 3 heteroatoms. The third-order valence-corrected chi connectivity index (χ3v) is 11.1. The minimum absolute atomic E-state index is 0.757. The van der Waals surface area contributed by atoms with E-state index < -0.39 is 0 Å². The molecule has 2 heterocycles. The summed E-state index contributed by atoms with van der Waals surface area (Å²) in [5, 5.41) is 0. The summed E-state index contributed by atoms with van der Waals surface area (Å²) in [6, 6.07) is 75.0. The molecule has 0 fully saturated rings. The molecule has 268 valence electrons. The van der Waals surface area contributed by atoms with Crippen molar-refractivity contribution in [2.75, 3.05) is 4.90 Å². The molecule has 0 atom stereocenters. The van der Waals surface area contributed by atoms with E-state index in [1.54, 1.807) is 0 Å². The second kappa shape index (κ2) is 13.6. The molecule has 0 radical (unpaired) electrons. The van der Waals surface area contributed by atoms with Crippen molar-refractivity contribution in [2.45, 2.75) is 0 Å². The van der Waals surface area contributed by atoms with Crippen LogP contribution in [0, 0.1) is 0 Å². The number of anilines is 3. The fraction of sp³-hybridized carbons (Fsp3) is 0. The summed E-state index contributed by atoms with van der Waals surface area (Å²) < 4.78 is 13.5. The van der Waals surface area contributed by atoms with Gasteiger partial charge in [0.2, 0.25) is 0 Å². The molecule has 9 aromatic rings. The second-order valence-electron chi connectivity index (χ2n) is 14.5. The summed E-state index contributed by atoms with van der Waals surface area (Å²) in [6.45, 7) is 0. The van der Waals surface area contributed by atoms with Crippen LogP contribution in [0.5, 0.6) is 23.0 Å². The third kappa shape index (κ3) is 5.76. The lowest BCUT2D eigenvalue weighted by molar-refractivity contribution is 0.446. The van der Waals surface area contributed by atoms with Crippen molar-refractivity contribution in [3.63, 3.8) is 0 Å². The number of hydrogen-bond donors (Lipinski definition) is 0. The standard InChI is InChI=1S/C54H35NO2/c1-3-13-38(14-4-1)44-17-7-9-19-46(44)40-27-23-36(24-28-40)42-31-32-49-51(33-42)57-53-35-43(34-52-54(53)55(49)48-21-11-12-22-50(48)56-52)37-25-29-41(30-26-37)47-20-10-8-18-45(47)39-15-5-2-6-16-39/h1-35H. The second-order valence-corrected chi connectivity index (χ2v) is 14.5. The van der Waals surface area contributed by atoms with E-state index in [0.717, 1.165) is 62.3 Å². The molecule has 2 aliphatic heterocycles. The van der Waals surface area contributed by atoms with E-state index in [-0.39, 0.29) is 0 Å². The lowest BCUT2D eigenvalue weighted by atomic mass is 9.93. The van der Waals surface area contributed by atoms with Gasteiger partial charge in [-0.2, -0.15) is 0 Å². The van der Waals surface area contributed by atoms with E-state index in [1.165, 1.54) is 44.5 Å². The number of ether oxygens (including phenoxy) is 2. The van der Waals surface area contributed by atoms with Gasteiger partial charge in [-0.05, 0) is 103 Å². The van der Waals surface area contributed by atoms with Gasteiger partial charge in [0.15, 0.2) is 23.0 Å². The Labute approximate surface area is 332 Å². The number of nitrogens with zero attached hydrogens (tertiary/aromatic N) is 1. The highest BCUT2D eigenvalue weighted by Crippen LogP contribution is 2.61. The molecule has 2 aliphatic rings. The maximum absolute atomic E-state index is 6.86. The van der Waals surface area contributed by atoms with E-state index >= 15 is 0 Å². The Kier molecular flexibility index (Phi) is 7.82. The number of hydrogen-bond acceptors (Lipinski definition) is 3. The van der Waals surface area contributed by atoms with Gasteiger partial charge in [0.25, 0.3) is 0 Å². The van der Waals surface area contributed by atoms with Gasteiger partial charge in [-0.1, -0.05) is 176 Å². The zero-order valence-electron chi connectivity index (χ0n) is 31.0. The van der Waals surface area contributed by atoms with Crippen molar-refractivity contribution in [3.05, 3.63) is 212 Å². The predicted octanol–water partition coefficient (Wildman–Crippen LogP) is 15.4. The van der Waals surface area contributed by atoms with Crippen LogP contribution in [-0.4, -0.2) is 0 Å². The van der Waals surface area contributed by atoms with Crippen LogP contribution in [0.25, 0.3) is 66.8 Å². The lowest BCUT2D eigenvalue weighted by Crippen LogP contribution is -2.20. The fourth-order valence-corrected chi connectivity index (χ4v) is 8.31. The Morgan fingerprint density at radius 1 is 0.246 bits per heavy atom. The van der Waals surface area contributed by atoms with Gasteiger partial charge in [0.1, 0.15) is 5.69 Å². The van der Waals surface area contributed by atoms with Crippen molar-refractivity contribution in [1.82, 2.24) is 0 Å². The molecule has 0 amide bonds. The van der Waals surface area contributed by atoms with Crippen LogP contribution in [0.1, 0.15) is 0 Å². The van der Waals surface area contributed by atoms with Crippen molar-refractivity contribution in [2.24, 2.45) is 0 Å². The Morgan fingerprint density at radius 2 is 0.614 bits per heavy atom. The predicted molar refractivity (Wildman–Crippen MR) is 234 cm³/mol. The maximum Gasteiger partial charge on any atom is 0.156 e. The molecule has 0 spiro atoms. The zero-order valence-corrected chi connectivity index (χ0v) is 31.0. The highest BCUT2D eigenvalue weighted by molar-refractivity contribution is 5.96. The molecule has 0 saturated heterocycles. The first-order valence-corrected chi connectivity index (χ1v) is 19.3. The van der Waals surface area contributed by atoms with Crippen LogP contribution < -0.4 is 14.4 Å². The minimum Gasteiger partial charge on any atom is -0.453 e. The topological polar surface area (TPSA) is 21.7 Å². The molecular weight excluding hydrogens is 695 g/mol. The molecule has 11 rings (SSSR count). The van der Waals surface area contributed by atoms with Gasteiger partial charge >= 0.3 is 0 Å². The van der Waals surface area contributed by atoms with Crippen molar-refractivity contribution in [3.8, 4) is 89.8 Å². The van der Waals surface area contributed by atoms with E-state index in [9.17, 15) is 0 Å². The average molecular weight is 730 g/mol. The van der Waals surface area contributed by atoms with Crippen LogP contribution in [0.3, 0.4) is 0 Å². The third-order valence-electron chi connectivity index (χ3n) is 11.1. The Hall–Kier alpha value is -7.62. The SMILES string of the molecule is c1ccc(-c2ccccc2-c2ccc(-c3ccc4c(c3)Oc3cc(-c5ccc(-c6ccccc6-c6ccccc6)cc5)cc5c3N4c3ccccc3O5)cc2)cc1. The van der Waals surface area contributed by atoms with Gasteiger partial charge in [-0.25, -0.2) is 0 Å². The van der Waals surface area contributed by atoms with Gasteiger partial charge in [0, 0.05) is 0 Å². The molecule has 0 bridgehead atoms. The van der Waals surface area contributed by atoms with Gasteiger partial charge < -0.3 is 9.47 Å². The number of para-hydroxylation sites is 2. The van der Waals surface area contributed by atoms with Crippen LogP contribution in [0.15, 0.2) is 212 Å². The van der Waals surface area contributed by atoms with Crippen LogP contribution >= 0.6 is 0 Å². The molecular formula is C54H35NO2. The van der Waals surface area contributed by atoms with E-state index in [2.05, 4.69) is 205 Å². The van der Waals surface area contributed by atoms with Crippen molar-refractivity contribution < 1.29 is 9.47 Å². The number of fused-ring (bicyclic) bond motifs is 4. The van der Waals surface area contributed by atoms with E-state index in [4.69, 9.17) is 9.47 Å². The normalized spacial score (nSPS) is 12.1. The smallest absolute Gasteiger partial charge is 0.156 e. The fourth-order valence-electron chi connectivity index (χ4n) is 8.31. The van der Waals surface area contributed by atoms with Crippen LogP contribution in [0.2, 0.25) is 0 Å².